The highest BCUT2D eigenvalue weighted by atomic mass is 19.1. The zero-order valence-corrected chi connectivity index (χ0v) is 14.7. The number of carbonyl (C=O) groups excluding carboxylic acids is 1. The first-order valence-electron chi connectivity index (χ1n) is 8.22. The third-order valence-corrected chi connectivity index (χ3v) is 4.03. The number of carbonyl (C=O) groups is 1. The number of hydrogen-bond acceptors (Lipinski definition) is 2. The maximum absolute atomic E-state index is 13.1. The third kappa shape index (κ3) is 4.90. The zero-order chi connectivity index (χ0) is 17.7. The molecular formula is C20H25FN2O. The molecule has 0 radical (unpaired) electrons. The van der Waals surface area contributed by atoms with E-state index in [4.69, 9.17) is 0 Å². The van der Waals surface area contributed by atoms with E-state index in [9.17, 15) is 9.18 Å². The maximum atomic E-state index is 13.1. The molecule has 2 aromatic carbocycles. The molecule has 1 atom stereocenters. The van der Waals surface area contributed by atoms with E-state index in [1.165, 1.54) is 17.7 Å². The number of hydrogen-bond donors (Lipinski definition) is 2. The van der Waals surface area contributed by atoms with Gasteiger partial charge < -0.3 is 10.6 Å². The minimum absolute atomic E-state index is 0.00420. The summed E-state index contributed by atoms with van der Waals surface area (Å²) in [7, 11) is 0. The normalized spacial score (nSPS) is 12.2. The van der Waals surface area contributed by atoms with Gasteiger partial charge in [-0.25, -0.2) is 4.39 Å². The van der Waals surface area contributed by atoms with Gasteiger partial charge in [-0.1, -0.05) is 43.7 Å². The van der Waals surface area contributed by atoms with Crippen LogP contribution in [0.25, 0.3) is 0 Å². The van der Waals surface area contributed by atoms with Crippen LogP contribution in [0.2, 0.25) is 0 Å². The van der Waals surface area contributed by atoms with E-state index in [0.29, 0.717) is 0 Å². The van der Waals surface area contributed by atoms with Crippen molar-refractivity contribution < 1.29 is 9.18 Å². The van der Waals surface area contributed by atoms with E-state index in [1.54, 1.807) is 12.1 Å². The summed E-state index contributed by atoms with van der Waals surface area (Å²) < 4.78 is 13.1. The number of benzene rings is 2. The summed E-state index contributed by atoms with van der Waals surface area (Å²) in [5, 5.41) is 6.20. The van der Waals surface area contributed by atoms with Crippen LogP contribution < -0.4 is 10.6 Å². The van der Waals surface area contributed by atoms with Crippen molar-refractivity contribution in [1.29, 1.82) is 0 Å². The Balaban J connectivity index is 1.98. The molecular weight excluding hydrogens is 303 g/mol. The highest BCUT2D eigenvalue weighted by Gasteiger charge is 2.17. The predicted molar refractivity (Wildman–Crippen MR) is 96.5 cm³/mol. The number of amides is 1. The molecule has 0 saturated heterocycles. The van der Waals surface area contributed by atoms with Gasteiger partial charge in [0.1, 0.15) is 5.82 Å². The SMILES string of the molecule is Cc1ccc(NC(=O)CNC(c2ccc(F)cc2)C(C)C)c(C)c1. The van der Waals surface area contributed by atoms with Crippen LogP contribution in [0, 0.1) is 25.6 Å². The number of anilines is 1. The molecule has 0 aliphatic carbocycles. The molecule has 0 bridgehead atoms. The molecule has 0 aliphatic rings. The Bertz CT molecular complexity index is 695. The molecule has 0 heterocycles. The third-order valence-electron chi connectivity index (χ3n) is 4.03. The summed E-state index contributed by atoms with van der Waals surface area (Å²) in [6, 6.07) is 12.3. The van der Waals surface area contributed by atoms with E-state index in [-0.39, 0.29) is 30.2 Å². The van der Waals surface area contributed by atoms with Gasteiger partial charge in [0.15, 0.2) is 0 Å². The summed E-state index contributed by atoms with van der Waals surface area (Å²) >= 11 is 0. The van der Waals surface area contributed by atoms with E-state index < -0.39 is 0 Å². The Kier molecular flexibility index (Phi) is 6.10. The molecule has 3 nitrogen and oxygen atoms in total. The number of rotatable bonds is 6. The second-order valence-corrected chi connectivity index (χ2v) is 6.52. The fourth-order valence-electron chi connectivity index (χ4n) is 2.76. The van der Waals surface area contributed by atoms with Crippen LogP contribution in [-0.4, -0.2) is 12.5 Å². The van der Waals surface area contributed by atoms with Gasteiger partial charge >= 0.3 is 0 Å². The lowest BCUT2D eigenvalue weighted by Crippen LogP contribution is -2.33. The van der Waals surface area contributed by atoms with Crippen molar-refractivity contribution in [3.8, 4) is 0 Å². The Morgan fingerprint density at radius 3 is 2.33 bits per heavy atom. The molecule has 2 rings (SSSR count). The standard InChI is InChI=1S/C20H25FN2O/c1-13(2)20(16-6-8-17(21)9-7-16)22-12-19(24)23-18-10-5-14(3)11-15(18)4/h5-11,13,20,22H,12H2,1-4H3,(H,23,24). The summed E-state index contributed by atoms with van der Waals surface area (Å²) in [6.07, 6.45) is 0. The first-order chi connectivity index (χ1) is 11.4. The lowest BCUT2D eigenvalue weighted by Gasteiger charge is -2.23. The van der Waals surface area contributed by atoms with E-state index in [1.807, 2.05) is 32.0 Å². The van der Waals surface area contributed by atoms with Crippen molar-refractivity contribution in [1.82, 2.24) is 5.32 Å². The molecule has 24 heavy (non-hydrogen) atoms. The Morgan fingerprint density at radius 2 is 1.75 bits per heavy atom. The van der Waals surface area contributed by atoms with Gasteiger partial charge in [-0.3, -0.25) is 4.79 Å². The van der Waals surface area contributed by atoms with Crippen molar-refractivity contribution in [2.24, 2.45) is 5.92 Å². The lowest BCUT2D eigenvalue weighted by atomic mass is 9.96. The Morgan fingerprint density at radius 1 is 1.08 bits per heavy atom. The van der Waals surface area contributed by atoms with Crippen molar-refractivity contribution >= 4 is 11.6 Å². The first kappa shape index (κ1) is 18.1. The fraction of sp³-hybridized carbons (Fsp3) is 0.350. The molecule has 0 aliphatic heterocycles. The van der Waals surface area contributed by atoms with Gasteiger partial charge in [-0.15, -0.1) is 0 Å². The van der Waals surface area contributed by atoms with Crippen molar-refractivity contribution in [2.75, 3.05) is 11.9 Å². The molecule has 0 spiro atoms. The summed E-state index contributed by atoms with van der Waals surface area (Å²) in [5.41, 5.74) is 4.02. The van der Waals surface area contributed by atoms with Gasteiger partial charge in [-0.2, -0.15) is 0 Å². The van der Waals surface area contributed by atoms with E-state index >= 15 is 0 Å². The maximum Gasteiger partial charge on any atom is 0.238 e. The van der Waals surface area contributed by atoms with Gasteiger partial charge in [0.05, 0.1) is 6.54 Å². The molecule has 0 aromatic heterocycles. The number of halogens is 1. The quantitative estimate of drug-likeness (QED) is 0.827. The average Bonchev–Trinajstić information content (AvgIpc) is 2.52. The molecule has 0 fully saturated rings. The summed E-state index contributed by atoms with van der Waals surface area (Å²) in [6.45, 7) is 8.35. The summed E-state index contributed by atoms with van der Waals surface area (Å²) in [5.74, 6) is -0.0621. The van der Waals surface area contributed by atoms with Crippen LogP contribution >= 0.6 is 0 Å². The Hall–Kier alpha value is -2.20. The summed E-state index contributed by atoms with van der Waals surface area (Å²) in [4.78, 5) is 12.2. The monoisotopic (exact) mass is 328 g/mol. The number of nitrogens with one attached hydrogen (secondary N) is 2. The van der Waals surface area contributed by atoms with Crippen LogP contribution in [0.5, 0.6) is 0 Å². The smallest absolute Gasteiger partial charge is 0.238 e. The van der Waals surface area contributed by atoms with Crippen LogP contribution in [-0.2, 0) is 4.79 Å². The minimum Gasteiger partial charge on any atom is -0.325 e. The minimum atomic E-state index is -0.256. The zero-order valence-electron chi connectivity index (χ0n) is 14.7. The number of aryl methyl sites for hydroxylation is 2. The van der Waals surface area contributed by atoms with Crippen LogP contribution in [0.4, 0.5) is 10.1 Å². The predicted octanol–water partition coefficient (Wildman–Crippen LogP) is 4.37. The highest BCUT2D eigenvalue weighted by Crippen LogP contribution is 2.22. The van der Waals surface area contributed by atoms with E-state index in [0.717, 1.165) is 16.8 Å². The van der Waals surface area contributed by atoms with Gasteiger partial charge in [0.25, 0.3) is 0 Å². The largest absolute Gasteiger partial charge is 0.325 e. The topological polar surface area (TPSA) is 41.1 Å². The van der Waals surface area contributed by atoms with E-state index in [2.05, 4.69) is 24.5 Å². The lowest BCUT2D eigenvalue weighted by molar-refractivity contribution is -0.115. The molecule has 1 unspecified atom stereocenters. The van der Waals surface area contributed by atoms with Gasteiger partial charge in [0.2, 0.25) is 5.91 Å². The van der Waals surface area contributed by atoms with Crippen molar-refractivity contribution in [2.45, 2.75) is 33.7 Å². The van der Waals surface area contributed by atoms with Crippen LogP contribution in [0.15, 0.2) is 42.5 Å². The van der Waals surface area contributed by atoms with Gasteiger partial charge in [-0.05, 0) is 49.1 Å². The molecule has 128 valence electrons. The highest BCUT2D eigenvalue weighted by molar-refractivity contribution is 5.93. The molecule has 4 heteroatoms. The molecule has 2 aromatic rings. The molecule has 0 saturated carbocycles. The fourth-order valence-corrected chi connectivity index (χ4v) is 2.76. The van der Waals surface area contributed by atoms with Crippen LogP contribution in [0.3, 0.4) is 0 Å². The second-order valence-electron chi connectivity index (χ2n) is 6.52. The molecule has 2 N–H and O–H groups in total. The van der Waals surface area contributed by atoms with Crippen LogP contribution in [0.1, 0.15) is 36.6 Å². The molecule has 1 amide bonds. The Labute approximate surface area is 143 Å². The second kappa shape index (κ2) is 8.06. The van der Waals surface area contributed by atoms with Crippen molar-refractivity contribution in [3.63, 3.8) is 0 Å². The first-order valence-corrected chi connectivity index (χ1v) is 8.22. The van der Waals surface area contributed by atoms with Crippen molar-refractivity contribution in [3.05, 3.63) is 65.0 Å². The van der Waals surface area contributed by atoms with Gasteiger partial charge in [0, 0.05) is 11.7 Å². The average molecular weight is 328 g/mol.